The Kier molecular flexibility index (Phi) is 13.9. The number of hydrogen-bond acceptors (Lipinski definition) is 2. The van der Waals surface area contributed by atoms with Crippen molar-refractivity contribution in [3.8, 4) is 0 Å². The first-order valence-electron chi connectivity index (χ1n) is 1.72. The summed E-state index contributed by atoms with van der Waals surface area (Å²) in [4.78, 5) is 0. The van der Waals surface area contributed by atoms with Crippen LogP contribution in [0.15, 0.2) is 0 Å². The van der Waals surface area contributed by atoms with Crippen molar-refractivity contribution in [1.29, 1.82) is 0 Å². The van der Waals surface area contributed by atoms with Gasteiger partial charge in [0.1, 0.15) is 0 Å². The van der Waals surface area contributed by atoms with Gasteiger partial charge in [0.15, 0.2) is 0 Å². The number of aliphatic hydroxyl groups excluding tert-OH is 1. The molecule has 0 atom stereocenters. The maximum atomic E-state index is 7.99. The molecule has 0 aromatic rings. The second kappa shape index (κ2) is 8.88. The molecule has 0 amide bonds. The predicted octanol–water partition coefficient (Wildman–Crippen LogP) is -1.86. The molecule has 0 aromatic carbocycles. The van der Waals surface area contributed by atoms with Gasteiger partial charge >= 0.3 is 0 Å². The van der Waals surface area contributed by atoms with E-state index in [2.05, 4.69) is 0 Å². The summed E-state index contributed by atoms with van der Waals surface area (Å²) in [6.07, 6.45) is 0.722. The fraction of sp³-hybridized carbons (Fsp3) is 1.00. The van der Waals surface area contributed by atoms with Crippen molar-refractivity contribution < 1.29 is 5.11 Å². The number of aliphatic hydroxyl groups is 1. The van der Waals surface area contributed by atoms with Gasteiger partial charge in [-0.05, 0) is 13.0 Å². The van der Waals surface area contributed by atoms with E-state index in [0.717, 1.165) is 6.42 Å². The molecule has 3 heteroatoms. The summed E-state index contributed by atoms with van der Waals surface area (Å²) < 4.78 is 0. The lowest BCUT2D eigenvalue weighted by Gasteiger charge is -1.80. The zero-order valence-corrected chi connectivity index (χ0v) is 3.15. The molecular formula is C3H12BNO. The molecule has 6 heavy (non-hydrogen) atoms. The molecule has 0 saturated heterocycles. The third kappa shape index (κ3) is 9.01. The number of rotatable bonds is 2. The summed E-state index contributed by atoms with van der Waals surface area (Å²) in [5, 5.41) is 7.99. The van der Waals surface area contributed by atoms with Crippen LogP contribution >= 0.6 is 0 Å². The molecule has 0 rings (SSSR count). The van der Waals surface area contributed by atoms with Crippen LogP contribution in [-0.4, -0.2) is 26.7 Å². The molecule has 0 aliphatic heterocycles. The van der Waals surface area contributed by atoms with Gasteiger partial charge in [-0.1, -0.05) is 0 Å². The monoisotopic (exact) mass is 89.1 g/mol. The quantitative estimate of drug-likeness (QED) is 0.390. The van der Waals surface area contributed by atoms with Crippen LogP contribution < -0.4 is 5.73 Å². The van der Waals surface area contributed by atoms with Crippen molar-refractivity contribution in [2.75, 3.05) is 13.2 Å². The molecule has 0 aliphatic carbocycles. The fourth-order valence-corrected chi connectivity index (χ4v) is 0.0913. The van der Waals surface area contributed by atoms with Gasteiger partial charge < -0.3 is 10.8 Å². The molecule has 0 saturated carbocycles. The van der Waals surface area contributed by atoms with E-state index in [9.17, 15) is 0 Å². The lowest BCUT2D eigenvalue weighted by atomic mass is 10.5. The Morgan fingerprint density at radius 3 is 2.00 bits per heavy atom. The molecule has 0 heterocycles. The molecule has 0 bridgehead atoms. The van der Waals surface area contributed by atoms with Crippen molar-refractivity contribution in [2.24, 2.45) is 5.73 Å². The molecule has 38 valence electrons. The molecule has 0 aliphatic rings. The summed E-state index contributed by atoms with van der Waals surface area (Å²) >= 11 is 0. The van der Waals surface area contributed by atoms with Crippen LogP contribution in [0, 0.1) is 0 Å². The molecule has 0 aromatic heterocycles. The van der Waals surface area contributed by atoms with E-state index in [1.54, 1.807) is 0 Å². The van der Waals surface area contributed by atoms with Gasteiger partial charge in [-0.25, -0.2) is 0 Å². The second-order valence-electron chi connectivity index (χ2n) is 0.866. The summed E-state index contributed by atoms with van der Waals surface area (Å²) in [5.41, 5.74) is 4.98. The van der Waals surface area contributed by atoms with Crippen LogP contribution in [-0.2, 0) is 0 Å². The Morgan fingerprint density at radius 1 is 1.50 bits per heavy atom. The van der Waals surface area contributed by atoms with Crippen LogP contribution in [0.4, 0.5) is 0 Å². The van der Waals surface area contributed by atoms with Crippen molar-refractivity contribution in [1.82, 2.24) is 0 Å². The van der Waals surface area contributed by atoms with Crippen molar-refractivity contribution >= 4 is 8.41 Å². The van der Waals surface area contributed by atoms with Gasteiger partial charge in [0.05, 0.1) is 8.41 Å². The van der Waals surface area contributed by atoms with Gasteiger partial charge in [-0.2, -0.15) is 0 Å². The molecule has 0 spiro atoms. The molecule has 0 radical (unpaired) electrons. The third-order valence-electron chi connectivity index (χ3n) is 0.362. The van der Waals surface area contributed by atoms with Crippen molar-refractivity contribution in [3.05, 3.63) is 0 Å². The minimum atomic E-state index is 0. The summed E-state index contributed by atoms with van der Waals surface area (Å²) in [6, 6.07) is 0. The van der Waals surface area contributed by atoms with Crippen LogP contribution in [0.3, 0.4) is 0 Å². The van der Waals surface area contributed by atoms with E-state index in [-0.39, 0.29) is 15.0 Å². The minimum Gasteiger partial charge on any atom is -0.396 e. The molecule has 0 fully saturated rings. The van der Waals surface area contributed by atoms with E-state index in [1.807, 2.05) is 0 Å². The summed E-state index contributed by atoms with van der Waals surface area (Å²) in [6.45, 7) is 0.812. The van der Waals surface area contributed by atoms with Gasteiger partial charge in [0.2, 0.25) is 0 Å². The molecule has 2 nitrogen and oxygen atoms in total. The van der Waals surface area contributed by atoms with E-state index in [0.29, 0.717) is 6.54 Å². The zero-order valence-electron chi connectivity index (χ0n) is 3.15. The second-order valence-corrected chi connectivity index (χ2v) is 0.866. The molecule has 3 N–H and O–H groups in total. The minimum absolute atomic E-state index is 0. The topological polar surface area (TPSA) is 46.2 Å². The highest BCUT2D eigenvalue weighted by Gasteiger charge is 1.69. The highest BCUT2D eigenvalue weighted by molar-refractivity contribution is 5.75. The smallest absolute Gasteiger partial charge is 0.0814 e. The van der Waals surface area contributed by atoms with Gasteiger partial charge in [0, 0.05) is 6.61 Å². The number of nitrogens with two attached hydrogens (primary N) is 1. The Bertz CT molecular complexity index is 18.3. The lowest BCUT2D eigenvalue weighted by Crippen LogP contribution is -1.99. The van der Waals surface area contributed by atoms with E-state index in [1.165, 1.54) is 0 Å². The largest absolute Gasteiger partial charge is 0.396 e. The highest BCUT2D eigenvalue weighted by atomic mass is 16.2. The first kappa shape index (κ1) is 9.37. The SMILES string of the molecule is B.NCCCO. The fourth-order valence-electron chi connectivity index (χ4n) is 0.0913. The average molecular weight is 88.9 g/mol. The maximum Gasteiger partial charge on any atom is 0.0814 e. The third-order valence-corrected chi connectivity index (χ3v) is 0.362. The highest BCUT2D eigenvalue weighted by Crippen LogP contribution is 1.62. The van der Waals surface area contributed by atoms with E-state index in [4.69, 9.17) is 10.8 Å². The van der Waals surface area contributed by atoms with E-state index >= 15 is 0 Å². The standard InChI is InChI=1S/C3H9NO.BH3/c4-2-1-3-5;/h5H,1-4H2;1H3. The van der Waals surface area contributed by atoms with Crippen LogP contribution in [0.1, 0.15) is 6.42 Å². The Balaban J connectivity index is 0. The Morgan fingerprint density at radius 2 is 2.00 bits per heavy atom. The zero-order chi connectivity index (χ0) is 4.12. The Labute approximate surface area is 39.9 Å². The summed E-state index contributed by atoms with van der Waals surface area (Å²) in [7, 11) is 0. The molecular weight excluding hydrogens is 76.9 g/mol. The van der Waals surface area contributed by atoms with E-state index < -0.39 is 0 Å². The summed E-state index contributed by atoms with van der Waals surface area (Å²) in [5.74, 6) is 0. The van der Waals surface area contributed by atoms with Crippen molar-refractivity contribution in [3.63, 3.8) is 0 Å². The lowest BCUT2D eigenvalue weighted by molar-refractivity contribution is 0.291. The van der Waals surface area contributed by atoms with Crippen LogP contribution in [0.5, 0.6) is 0 Å². The van der Waals surface area contributed by atoms with Gasteiger partial charge in [0.25, 0.3) is 0 Å². The van der Waals surface area contributed by atoms with Gasteiger partial charge in [-0.3, -0.25) is 0 Å². The molecule has 0 unspecified atom stereocenters. The van der Waals surface area contributed by atoms with Gasteiger partial charge in [-0.15, -0.1) is 0 Å². The van der Waals surface area contributed by atoms with Crippen LogP contribution in [0.25, 0.3) is 0 Å². The predicted molar refractivity (Wildman–Crippen MR) is 30.7 cm³/mol. The van der Waals surface area contributed by atoms with Crippen molar-refractivity contribution in [2.45, 2.75) is 6.42 Å². The number of hydrogen-bond donors (Lipinski definition) is 2. The maximum absolute atomic E-state index is 7.99. The average Bonchev–Trinajstić information content (AvgIpc) is 1.41. The Hall–Kier alpha value is -0.0151. The van der Waals surface area contributed by atoms with Crippen LogP contribution in [0.2, 0.25) is 0 Å². The first-order valence-corrected chi connectivity index (χ1v) is 1.72. The normalized spacial score (nSPS) is 7.00. The first-order chi connectivity index (χ1) is 2.41.